The summed E-state index contributed by atoms with van der Waals surface area (Å²) in [5.41, 5.74) is 2.11. The number of halogens is 1. The number of pyridine rings is 1. The Bertz CT molecular complexity index is 943. The lowest BCUT2D eigenvalue weighted by Gasteiger charge is -2.13. The summed E-state index contributed by atoms with van der Waals surface area (Å²) in [5.74, 6) is 0.275. The number of rotatable bonds is 6. The van der Waals surface area contributed by atoms with Crippen LogP contribution in [0.15, 0.2) is 42.7 Å². The summed E-state index contributed by atoms with van der Waals surface area (Å²) in [6.07, 6.45) is 4.11. The number of carbonyl (C=O) groups is 1. The predicted octanol–water partition coefficient (Wildman–Crippen LogP) is 3.52. The second-order valence-corrected chi connectivity index (χ2v) is 6.47. The maximum atomic E-state index is 12.8. The Labute approximate surface area is 162 Å². The summed E-state index contributed by atoms with van der Waals surface area (Å²) in [6.45, 7) is 3.94. The van der Waals surface area contributed by atoms with E-state index in [1.54, 1.807) is 54.5 Å². The van der Waals surface area contributed by atoms with Crippen molar-refractivity contribution >= 4 is 17.5 Å². The van der Waals surface area contributed by atoms with Gasteiger partial charge in [-0.3, -0.25) is 9.78 Å². The lowest BCUT2D eigenvalue weighted by molar-refractivity contribution is 0.0935. The highest BCUT2D eigenvalue weighted by Gasteiger charge is 2.24. The van der Waals surface area contributed by atoms with Gasteiger partial charge in [0.2, 0.25) is 0 Å². The number of ether oxygens (including phenoxy) is 1. The van der Waals surface area contributed by atoms with Gasteiger partial charge in [0.25, 0.3) is 5.91 Å². The van der Waals surface area contributed by atoms with Crippen LogP contribution in [-0.4, -0.2) is 39.0 Å². The van der Waals surface area contributed by atoms with Crippen LogP contribution in [0, 0.1) is 0 Å². The zero-order valence-corrected chi connectivity index (χ0v) is 16.1. The Balaban J connectivity index is 2.19. The molecule has 0 fully saturated rings. The van der Waals surface area contributed by atoms with Gasteiger partial charge in [-0.15, -0.1) is 5.10 Å². The number of nitrogens with one attached hydrogen (secondary N) is 1. The maximum absolute atomic E-state index is 12.8. The van der Waals surface area contributed by atoms with Gasteiger partial charge in [0.1, 0.15) is 17.1 Å². The summed E-state index contributed by atoms with van der Waals surface area (Å²) in [6, 6.07) is 8.81. The highest BCUT2D eigenvalue weighted by atomic mass is 35.5. The summed E-state index contributed by atoms with van der Waals surface area (Å²) < 4.78 is 7.00. The first kappa shape index (κ1) is 18.8. The van der Waals surface area contributed by atoms with Crippen LogP contribution in [0.25, 0.3) is 16.9 Å². The Morgan fingerprint density at radius 1 is 1.30 bits per heavy atom. The molecule has 7 nitrogen and oxygen atoms in total. The van der Waals surface area contributed by atoms with E-state index in [2.05, 4.69) is 20.6 Å². The van der Waals surface area contributed by atoms with Crippen molar-refractivity contribution < 1.29 is 9.53 Å². The van der Waals surface area contributed by atoms with Gasteiger partial charge in [-0.25, -0.2) is 4.68 Å². The molecule has 0 spiro atoms. The van der Waals surface area contributed by atoms with Gasteiger partial charge in [-0.1, -0.05) is 23.7 Å². The molecule has 2 heterocycles. The van der Waals surface area contributed by atoms with E-state index in [0.29, 0.717) is 22.2 Å². The third-order valence-electron chi connectivity index (χ3n) is 4.20. The summed E-state index contributed by atoms with van der Waals surface area (Å²) in [5, 5.41) is 11.8. The molecule has 0 aliphatic heterocycles. The quantitative estimate of drug-likeness (QED) is 0.702. The predicted molar refractivity (Wildman–Crippen MR) is 103 cm³/mol. The molecular weight excluding hydrogens is 366 g/mol. The van der Waals surface area contributed by atoms with Crippen molar-refractivity contribution in [3.63, 3.8) is 0 Å². The molecule has 1 N–H and O–H groups in total. The molecule has 2 aromatic heterocycles. The Morgan fingerprint density at radius 2 is 2.04 bits per heavy atom. The van der Waals surface area contributed by atoms with E-state index in [1.807, 2.05) is 13.8 Å². The number of nitrogens with zero attached hydrogens (tertiary/aromatic N) is 4. The molecule has 1 aromatic carbocycles. The minimum Gasteiger partial charge on any atom is -0.494 e. The average molecular weight is 386 g/mol. The third-order valence-corrected chi connectivity index (χ3v) is 4.43. The average Bonchev–Trinajstić information content (AvgIpc) is 3.13. The van der Waals surface area contributed by atoms with Crippen molar-refractivity contribution in [3.05, 3.63) is 53.4 Å². The van der Waals surface area contributed by atoms with Crippen LogP contribution in [0.3, 0.4) is 0 Å². The molecule has 0 aliphatic rings. The normalized spacial score (nSPS) is 11.9. The second kappa shape index (κ2) is 8.18. The fraction of sp³-hybridized carbons (Fsp3) is 0.263. The fourth-order valence-corrected chi connectivity index (χ4v) is 2.76. The molecule has 27 heavy (non-hydrogen) atoms. The molecule has 3 rings (SSSR count). The monoisotopic (exact) mass is 385 g/mol. The topological polar surface area (TPSA) is 81.9 Å². The zero-order chi connectivity index (χ0) is 19.4. The smallest absolute Gasteiger partial charge is 0.274 e. The van der Waals surface area contributed by atoms with Gasteiger partial charge < -0.3 is 10.1 Å². The van der Waals surface area contributed by atoms with Crippen LogP contribution in [0.4, 0.5) is 0 Å². The van der Waals surface area contributed by atoms with Gasteiger partial charge >= 0.3 is 0 Å². The van der Waals surface area contributed by atoms with Crippen molar-refractivity contribution in [1.29, 1.82) is 0 Å². The zero-order valence-electron chi connectivity index (χ0n) is 15.3. The third kappa shape index (κ3) is 3.93. The number of aromatic nitrogens is 4. The minimum absolute atomic E-state index is 0.0219. The number of benzene rings is 1. The fourth-order valence-electron chi connectivity index (χ4n) is 2.60. The van der Waals surface area contributed by atoms with E-state index in [9.17, 15) is 4.79 Å². The first-order valence-electron chi connectivity index (χ1n) is 8.56. The molecule has 1 atom stereocenters. The number of carbonyl (C=O) groups excluding carboxylic acids is 1. The molecule has 8 heteroatoms. The van der Waals surface area contributed by atoms with Gasteiger partial charge in [-0.05, 0) is 43.7 Å². The van der Waals surface area contributed by atoms with E-state index in [4.69, 9.17) is 16.3 Å². The molecule has 0 saturated heterocycles. The Kier molecular flexibility index (Phi) is 5.71. The van der Waals surface area contributed by atoms with Crippen LogP contribution in [-0.2, 0) is 0 Å². The van der Waals surface area contributed by atoms with Crippen LogP contribution >= 0.6 is 11.6 Å². The highest BCUT2D eigenvalue weighted by Crippen LogP contribution is 2.31. The lowest BCUT2D eigenvalue weighted by atomic mass is 10.1. The van der Waals surface area contributed by atoms with Crippen LogP contribution in [0.2, 0.25) is 5.02 Å². The van der Waals surface area contributed by atoms with Gasteiger partial charge in [-0.2, -0.15) is 0 Å². The largest absolute Gasteiger partial charge is 0.494 e. The van der Waals surface area contributed by atoms with E-state index in [1.165, 1.54) is 0 Å². The lowest BCUT2D eigenvalue weighted by Crippen LogP contribution is -2.32. The standard InChI is InChI=1S/C19H20ClN5O2/c1-4-12(2)22-19(26)17-18(13-7-9-21-10-8-13)25(24-23-17)15-11-14(20)5-6-16(15)27-3/h5-12H,4H2,1-3H3,(H,22,26)/t12-/m1/s1. The van der Waals surface area contributed by atoms with Crippen molar-refractivity contribution in [2.75, 3.05) is 7.11 Å². The summed E-state index contributed by atoms with van der Waals surface area (Å²) in [7, 11) is 1.56. The summed E-state index contributed by atoms with van der Waals surface area (Å²) in [4.78, 5) is 16.8. The van der Waals surface area contributed by atoms with Crippen molar-refractivity contribution in [2.24, 2.45) is 0 Å². The molecule has 140 valence electrons. The van der Waals surface area contributed by atoms with E-state index in [-0.39, 0.29) is 17.6 Å². The van der Waals surface area contributed by atoms with Crippen molar-refractivity contribution in [2.45, 2.75) is 26.3 Å². The highest BCUT2D eigenvalue weighted by molar-refractivity contribution is 6.30. The van der Waals surface area contributed by atoms with E-state index < -0.39 is 0 Å². The number of amides is 1. The van der Waals surface area contributed by atoms with Gasteiger partial charge in [0.15, 0.2) is 5.69 Å². The molecule has 0 saturated carbocycles. The summed E-state index contributed by atoms with van der Waals surface area (Å²) >= 11 is 6.17. The van der Waals surface area contributed by atoms with Gasteiger partial charge in [0.05, 0.1) is 7.11 Å². The number of hydrogen-bond acceptors (Lipinski definition) is 5. The van der Waals surface area contributed by atoms with E-state index in [0.717, 1.165) is 12.0 Å². The molecule has 1 amide bonds. The first-order valence-corrected chi connectivity index (χ1v) is 8.93. The number of methoxy groups -OCH3 is 1. The van der Waals surface area contributed by atoms with Crippen LogP contribution in [0.5, 0.6) is 5.75 Å². The first-order chi connectivity index (χ1) is 13.0. The van der Waals surface area contributed by atoms with Crippen LogP contribution in [0.1, 0.15) is 30.8 Å². The van der Waals surface area contributed by atoms with Gasteiger partial charge in [0, 0.05) is 29.0 Å². The molecule has 0 radical (unpaired) electrons. The van der Waals surface area contributed by atoms with Crippen molar-refractivity contribution in [1.82, 2.24) is 25.3 Å². The Hall–Kier alpha value is -2.93. The number of hydrogen-bond donors (Lipinski definition) is 1. The molecule has 0 bridgehead atoms. The second-order valence-electron chi connectivity index (χ2n) is 6.03. The molecular formula is C19H20ClN5O2. The Morgan fingerprint density at radius 3 is 2.70 bits per heavy atom. The molecule has 3 aromatic rings. The molecule has 0 aliphatic carbocycles. The molecule has 0 unspecified atom stereocenters. The van der Waals surface area contributed by atoms with Crippen LogP contribution < -0.4 is 10.1 Å². The van der Waals surface area contributed by atoms with Crippen molar-refractivity contribution in [3.8, 4) is 22.7 Å². The SMILES string of the molecule is CC[C@@H](C)NC(=O)c1nnn(-c2cc(Cl)ccc2OC)c1-c1ccncc1. The minimum atomic E-state index is -0.289. The maximum Gasteiger partial charge on any atom is 0.274 e. The van der Waals surface area contributed by atoms with E-state index >= 15 is 0 Å².